The number of rotatable bonds is 5. The molecular weight excluding hydrogens is 408 g/mol. The highest BCUT2D eigenvalue weighted by molar-refractivity contribution is 7.11. The Balaban J connectivity index is 1.40. The number of anilines is 4. The zero-order valence-corrected chi connectivity index (χ0v) is 18.1. The van der Waals surface area contributed by atoms with Crippen LogP contribution in [-0.4, -0.2) is 65.5 Å². The second-order valence-corrected chi connectivity index (χ2v) is 8.49. The van der Waals surface area contributed by atoms with Gasteiger partial charge in [-0.1, -0.05) is 24.3 Å². The Labute approximate surface area is 185 Å². The summed E-state index contributed by atoms with van der Waals surface area (Å²) in [6.07, 6.45) is 2.06. The number of nitrogens with zero attached hydrogens (tertiary/aromatic N) is 6. The third-order valence-corrected chi connectivity index (χ3v) is 6.19. The van der Waals surface area contributed by atoms with E-state index in [4.69, 9.17) is 4.98 Å². The van der Waals surface area contributed by atoms with Gasteiger partial charge in [-0.2, -0.15) is 15.0 Å². The quantitative estimate of drug-likeness (QED) is 0.640. The van der Waals surface area contributed by atoms with Crippen molar-refractivity contribution in [2.75, 3.05) is 55.3 Å². The fourth-order valence-corrected chi connectivity index (χ4v) is 4.24. The number of hydrogen-bond donors (Lipinski definition) is 2. The van der Waals surface area contributed by atoms with Crippen molar-refractivity contribution >= 4 is 46.3 Å². The van der Waals surface area contributed by atoms with E-state index in [0.29, 0.717) is 24.4 Å². The number of hydrogen-bond acceptors (Lipinski definition) is 9. The van der Waals surface area contributed by atoms with Crippen LogP contribution in [-0.2, 0) is 0 Å². The molecule has 158 valence electrons. The van der Waals surface area contributed by atoms with Gasteiger partial charge in [0.05, 0.1) is 6.54 Å². The molecule has 0 unspecified atom stereocenters. The highest BCUT2D eigenvalue weighted by Crippen LogP contribution is 2.24. The second-order valence-electron chi connectivity index (χ2n) is 7.54. The smallest absolute Gasteiger partial charge is 0.235 e. The number of amidine groups is 1. The van der Waals surface area contributed by atoms with Crippen molar-refractivity contribution in [3.63, 3.8) is 0 Å². The molecule has 4 heterocycles. The summed E-state index contributed by atoms with van der Waals surface area (Å²) < 4.78 is 0. The van der Waals surface area contributed by atoms with Gasteiger partial charge in [0, 0.05) is 36.7 Å². The zero-order valence-electron chi connectivity index (χ0n) is 17.3. The van der Waals surface area contributed by atoms with Gasteiger partial charge >= 0.3 is 0 Å². The van der Waals surface area contributed by atoms with E-state index in [2.05, 4.69) is 66.0 Å². The van der Waals surface area contributed by atoms with Crippen LogP contribution < -0.4 is 15.5 Å². The van der Waals surface area contributed by atoms with Crippen molar-refractivity contribution in [3.05, 3.63) is 58.8 Å². The second kappa shape index (κ2) is 8.83. The van der Waals surface area contributed by atoms with E-state index in [1.54, 1.807) is 11.3 Å². The lowest BCUT2D eigenvalue weighted by Crippen LogP contribution is -2.45. The van der Waals surface area contributed by atoms with Crippen LogP contribution in [0.3, 0.4) is 0 Å². The van der Waals surface area contributed by atoms with E-state index in [1.165, 1.54) is 10.5 Å². The fraction of sp³-hybridized carbons (Fsp3) is 0.273. The number of aliphatic imine (C=N–C) groups is 1. The van der Waals surface area contributed by atoms with Crippen molar-refractivity contribution in [1.29, 1.82) is 0 Å². The Morgan fingerprint density at radius 3 is 2.39 bits per heavy atom. The molecule has 2 aliphatic heterocycles. The lowest BCUT2D eigenvalue weighted by atomic mass is 10.2. The van der Waals surface area contributed by atoms with Gasteiger partial charge in [0.2, 0.25) is 17.8 Å². The van der Waals surface area contributed by atoms with E-state index in [1.807, 2.05) is 30.3 Å². The topological polar surface area (TPSA) is 81.6 Å². The molecule has 0 atom stereocenters. The van der Waals surface area contributed by atoms with Crippen molar-refractivity contribution in [2.45, 2.75) is 0 Å². The van der Waals surface area contributed by atoms with E-state index >= 15 is 0 Å². The molecule has 0 radical (unpaired) electrons. The maximum atomic E-state index is 4.70. The van der Waals surface area contributed by atoms with E-state index in [0.717, 1.165) is 37.7 Å². The number of benzene rings is 1. The minimum absolute atomic E-state index is 0.491. The highest BCUT2D eigenvalue weighted by atomic mass is 32.1. The summed E-state index contributed by atoms with van der Waals surface area (Å²) in [7, 11) is 2.13. The van der Waals surface area contributed by atoms with Crippen LogP contribution in [0.1, 0.15) is 4.88 Å². The van der Waals surface area contributed by atoms with Crippen LogP contribution in [0, 0.1) is 0 Å². The van der Waals surface area contributed by atoms with E-state index < -0.39 is 0 Å². The summed E-state index contributed by atoms with van der Waals surface area (Å²) in [5, 5.41) is 8.66. The standard InChI is InChI=1S/C22H24N8S/c1-29-9-11-30(12-10-29)22-27-20(24-17-6-3-2-4-7-17)26-21(28-22)25-19-14-16(15-23-19)18-8-5-13-31-18/h2-8,13-14H,9-12,15H2,1H3,(H2,23,24,25,26,27,28). The highest BCUT2D eigenvalue weighted by Gasteiger charge is 2.20. The molecular formula is C22H24N8S. The molecule has 2 aromatic heterocycles. The molecule has 8 nitrogen and oxygen atoms in total. The van der Waals surface area contributed by atoms with Crippen LogP contribution in [0.15, 0.2) is 58.9 Å². The normalized spacial score (nSPS) is 16.7. The number of nitrogens with one attached hydrogen (secondary N) is 2. The molecule has 2 N–H and O–H groups in total. The Hall–Kier alpha value is -3.30. The first kappa shape index (κ1) is 19.7. The largest absolute Gasteiger partial charge is 0.338 e. The molecule has 5 rings (SSSR count). The minimum Gasteiger partial charge on any atom is -0.338 e. The average molecular weight is 433 g/mol. The maximum Gasteiger partial charge on any atom is 0.235 e. The monoisotopic (exact) mass is 432 g/mol. The van der Waals surface area contributed by atoms with Crippen LogP contribution in [0.25, 0.3) is 5.57 Å². The van der Waals surface area contributed by atoms with Crippen LogP contribution >= 0.6 is 11.3 Å². The average Bonchev–Trinajstić information content (AvgIpc) is 3.47. The molecule has 1 aromatic carbocycles. The molecule has 3 aromatic rings. The first-order valence-electron chi connectivity index (χ1n) is 10.3. The van der Waals surface area contributed by atoms with Gasteiger partial charge in [-0.15, -0.1) is 11.3 Å². The Morgan fingerprint density at radius 2 is 1.65 bits per heavy atom. The van der Waals surface area contributed by atoms with Gasteiger partial charge in [-0.25, -0.2) is 0 Å². The fourth-order valence-electron chi connectivity index (χ4n) is 3.50. The van der Waals surface area contributed by atoms with Gasteiger partial charge in [0.25, 0.3) is 0 Å². The van der Waals surface area contributed by atoms with Gasteiger partial charge in [0.15, 0.2) is 0 Å². The summed E-state index contributed by atoms with van der Waals surface area (Å²) in [4.78, 5) is 24.4. The number of para-hydroxylation sites is 1. The third kappa shape index (κ3) is 4.73. The minimum atomic E-state index is 0.491. The molecule has 2 aliphatic rings. The molecule has 31 heavy (non-hydrogen) atoms. The molecule has 0 spiro atoms. The van der Waals surface area contributed by atoms with Gasteiger partial charge in [0.1, 0.15) is 5.84 Å². The van der Waals surface area contributed by atoms with Gasteiger partial charge in [-0.3, -0.25) is 4.99 Å². The lowest BCUT2D eigenvalue weighted by molar-refractivity contribution is 0.311. The summed E-state index contributed by atoms with van der Waals surface area (Å²) in [5.74, 6) is 2.44. The van der Waals surface area contributed by atoms with Crippen LogP contribution in [0.5, 0.6) is 0 Å². The predicted octanol–water partition coefficient (Wildman–Crippen LogP) is 3.34. The Morgan fingerprint density at radius 1 is 0.871 bits per heavy atom. The van der Waals surface area contributed by atoms with Crippen LogP contribution in [0.2, 0.25) is 0 Å². The Bertz CT molecular complexity index is 1090. The number of piperazine rings is 1. The summed E-state index contributed by atoms with van der Waals surface area (Å²) >= 11 is 1.72. The molecule has 0 aliphatic carbocycles. The molecule has 1 saturated heterocycles. The molecule has 0 amide bonds. The van der Waals surface area contributed by atoms with E-state index in [9.17, 15) is 0 Å². The number of likely N-dealkylation sites (N-methyl/N-ethyl adjacent to an activating group) is 1. The predicted molar refractivity (Wildman–Crippen MR) is 127 cm³/mol. The first-order valence-corrected chi connectivity index (χ1v) is 11.2. The summed E-state index contributed by atoms with van der Waals surface area (Å²) in [6.45, 7) is 4.39. The SMILES string of the molecule is CN1CCN(c2nc(NC3=NCC(c4cccs4)=C3)nc(Nc3ccccc3)n2)CC1. The zero-order chi connectivity index (χ0) is 21.0. The van der Waals surface area contributed by atoms with Crippen molar-refractivity contribution in [3.8, 4) is 0 Å². The molecule has 9 heteroatoms. The van der Waals surface area contributed by atoms with Crippen LogP contribution in [0.4, 0.5) is 23.5 Å². The van der Waals surface area contributed by atoms with Crippen molar-refractivity contribution in [2.24, 2.45) is 4.99 Å². The lowest BCUT2D eigenvalue weighted by Gasteiger charge is -2.32. The first-order chi connectivity index (χ1) is 15.2. The summed E-state index contributed by atoms with van der Waals surface area (Å²) in [6, 6.07) is 14.1. The maximum absolute atomic E-state index is 4.70. The third-order valence-electron chi connectivity index (χ3n) is 5.25. The van der Waals surface area contributed by atoms with Gasteiger partial charge < -0.3 is 20.4 Å². The Kier molecular flexibility index (Phi) is 5.59. The number of aromatic nitrogens is 3. The van der Waals surface area contributed by atoms with E-state index in [-0.39, 0.29) is 0 Å². The van der Waals surface area contributed by atoms with Crippen molar-refractivity contribution < 1.29 is 0 Å². The molecule has 0 bridgehead atoms. The molecule has 0 saturated carbocycles. The molecule has 1 fully saturated rings. The van der Waals surface area contributed by atoms with Gasteiger partial charge in [-0.05, 0) is 42.3 Å². The number of thiophene rings is 1. The van der Waals surface area contributed by atoms with Crippen molar-refractivity contribution in [1.82, 2.24) is 19.9 Å². The summed E-state index contributed by atoms with van der Waals surface area (Å²) in [5.41, 5.74) is 2.13.